The lowest BCUT2D eigenvalue weighted by Gasteiger charge is -2.22. The van der Waals surface area contributed by atoms with Gasteiger partial charge in [0, 0.05) is 11.1 Å². The molecule has 0 aliphatic heterocycles. The molecule has 3 amide bonds. The van der Waals surface area contributed by atoms with Gasteiger partial charge in [0.15, 0.2) is 0 Å². The number of urea groups is 1. The van der Waals surface area contributed by atoms with E-state index < -0.39 is 12.1 Å². The average Bonchev–Trinajstić information content (AvgIpc) is 2.94. The number of nitrogens with zero attached hydrogens (tertiary/aromatic N) is 2. The lowest BCUT2D eigenvalue weighted by Crippen LogP contribution is -2.51. The highest BCUT2D eigenvalue weighted by atomic mass is 32.1. The monoisotopic (exact) mass is 347 g/mol. The number of nitrogens with one attached hydrogen (secondary N) is 3. The molecule has 24 heavy (non-hydrogen) atoms. The topological polar surface area (TPSA) is 96.0 Å². The molecule has 8 heteroatoms. The molecule has 3 N–H and O–H groups in total. The molecule has 7 nitrogen and oxygen atoms in total. The molecule has 1 aromatic heterocycles. The van der Waals surface area contributed by atoms with Crippen molar-refractivity contribution in [3.8, 4) is 10.6 Å². The van der Waals surface area contributed by atoms with Gasteiger partial charge in [-0.3, -0.25) is 10.1 Å². The zero-order valence-electron chi connectivity index (χ0n) is 14.1. The molecule has 0 aliphatic rings. The minimum Gasteiger partial charge on any atom is -0.334 e. The molecule has 0 aliphatic carbocycles. The van der Waals surface area contributed by atoms with Crippen molar-refractivity contribution >= 4 is 28.4 Å². The van der Waals surface area contributed by atoms with Crippen molar-refractivity contribution < 1.29 is 9.59 Å². The molecule has 1 aromatic carbocycles. The van der Waals surface area contributed by atoms with Gasteiger partial charge in [-0.1, -0.05) is 41.7 Å². The smallest absolute Gasteiger partial charge is 0.315 e. The minimum atomic E-state index is -0.698. The maximum Gasteiger partial charge on any atom is 0.315 e. The molecular formula is C16H21N5O2S. The van der Waals surface area contributed by atoms with Crippen molar-refractivity contribution in [2.24, 2.45) is 0 Å². The molecule has 1 heterocycles. The summed E-state index contributed by atoms with van der Waals surface area (Å²) in [4.78, 5) is 23.9. The van der Waals surface area contributed by atoms with E-state index in [1.165, 1.54) is 11.3 Å². The van der Waals surface area contributed by atoms with Gasteiger partial charge >= 0.3 is 6.03 Å². The van der Waals surface area contributed by atoms with Crippen molar-refractivity contribution in [3.05, 3.63) is 30.3 Å². The van der Waals surface area contributed by atoms with Gasteiger partial charge in [0.2, 0.25) is 11.0 Å². The molecule has 0 fully saturated rings. The molecule has 0 saturated carbocycles. The molecular weight excluding hydrogens is 326 g/mol. The standard InChI is InChI=1S/C16H21N5O2S/c1-10(17-14(23)19-16(2,3)4)12(22)18-15-21-20-13(24-15)11-8-6-5-7-9-11/h5-10H,1-4H3,(H2,17,19,23)(H,18,21,22). The van der Waals surface area contributed by atoms with Crippen molar-refractivity contribution in [2.75, 3.05) is 5.32 Å². The number of carbonyl (C=O) groups excluding carboxylic acids is 2. The number of benzene rings is 1. The fraction of sp³-hybridized carbons (Fsp3) is 0.375. The summed E-state index contributed by atoms with van der Waals surface area (Å²) >= 11 is 1.28. The fourth-order valence-corrected chi connectivity index (χ4v) is 2.58. The number of amides is 3. The van der Waals surface area contributed by atoms with Crippen LogP contribution in [-0.2, 0) is 4.79 Å². The highest BCUT2D eigenvalue weighted by Crippen LogP contribution is 2.25. The Morgan fingerprint density at radius 2 is 1.79 bits per heavy atom. The highest BCUT2D eigenvalue weighted by Gasteiger charge is 2.20. The first-order chi connectivity index (χ1) is 11.2. The van der Waals surface area contributed by atoms with E-state index in [0.29, 0.717) is 5.13 Å². The first-order valence-corrected chi connectivity index (χ1v) is 8.35. The molecule has 1 atom stereocenters. The molecule has 0 spiro atoms. The maximum absolute atomic E-state index is 12.1. The lowest BCUT2D eigenvalue weighted by atomic mass is 10.1. The van der Waals surface area contributed by atoms with Crippen LogP contribution in [0.25, 0.3) is 10.6 Å². The third kappa shape index (κ3) is 5.31. The second-order valence-corrected chi connectivity index (χ2v) is 7.32. The maximum atomic E-state index is 12.1. The third-order valence-electron chi connectivity index (χ3n) is 2.91. The number of rotatable bonds is 4. The van der Waals surface area contributed by atoms with Crippen LogP contribution in [0.1, 0.15) is 27.7 Å². The summed E-state index contributed by atoms with van der Waals surface area (Å²) in [5, 5.41) is 17.1. The molecule has 2 rings (SSSR count). The van der Waals surface area contributed by atoms with Crippen LogP contribution in [0, 0.1) is 0 Å². The first kappa shape index (κ1) is 17.9. The Labute approximate surface area is 144 Å². The van der Waals surface area contributed by atoms with E-state index in [1.807, 2.05) is 51.1 Å². The average molecular weight is 347 g/mol. The molecule has 0 saturated heterocycles. The minimum absolute atomic E-state index is 0.352. The van der Waals surface area contributed by atoms with Crippen LogP contribution in [0.3, 0.4) is 0 Å². The lowest BCUT2D eigenvalue weighted by molar-refractivity contribution is -0.117. The number of hydrogen-bond donors (Lipinski definition) is 3. The third-order valence-corrected chi connectivity index (χ3v) is 3.79. The fourth-order valence-electron chi connectivity index (χ4n) is 1.82. The van der Waals surface area contributed by atoms with Gasteiger partial charge < -0.3 is 10.6 Å². The van der Waals surface area contributed by atoms with Crippen LogP contribution in [0.2, 0.25) is 0 Å². The summed E-state index contributed by atoms with van der Waals surface area (Å²) in [5.41, 5.74) is 0.565. The van der Waals surface area contributed by atoms with Gasteiger partial charge in [-0.25, -0.2) is 4.79 Å². The Morgan fingerprint density at radius 1 is 1.12 bits per heavy atom. The number of anilines is 1. The second-order valence-electron chi connectivity index (χ2n) is 6.34. The predicted molar refractivity (Wildman–Crippen MR) is 94.9 cm³/mol. The summed E-state index contributed by atoms with van der Waals surface area (Å²) in [6.45, 7) is 7.20. The molecule has 2 aromatic rings. The Balaban J connectivity index is 1.92. The highest BCUT2D eigenvalue weighted by molar-refractivity contribution is 7.18. The predicted octanol–water partition coefficient (Wildman–Crippen LogP) is 2.63. The zero-order chi connectivity index (χ0) is 17.7. The summed E-state index contributed by atoms with van der Waals surface area (Å²) in [5.74, 6) is -0.352. The van der Waals surface area contributed by atoms with Gasteiger partial charge in [0.1, 0.15) is 11.0 Å². The molecule has 0 radical (unpaired) electrons. The molecule has 1 unspecified atom stereocenters. The summed E-state index contributed by atoms with van der Waals surface area (Å²) < 4.78 is 0. The van der Waals surface area contributed by atoms with Crippen LogP contribution in [0.15, 0.2) is 30.3 Å². The van der Waals surface area contributed by atoms with Crippen LogP contribution in [0.4, 0.5) is 9.93 Å². The van der Waals surface area contributed by atoms with Gasteiger partial charge in [0.05, 0.1) is 0 Å². The van der Waals surface area contributed by atoms with Crippen LogP contribution >= 0.6 is 11.3 Å². The van der Waals surface area contributed by atoms with Crippen molar-refractivity contribution in [1.29, 1.82) is 0 Å². The van der Waals surface area contributed by atoms with Crippen molar-refractivity contribution in [1.82, 2.24) is 20.8 Å². The van der Waals surface area contributed by atoms with Crippen LogP contribution in [-0.4, -0.2) is 33.7 Å². The van der Waals surface area contributed by atoms with E-state index in [9.17, 15) is 9.59 Å². The van der Waals surface area contributed by atoms with E-state index in [2.05, 4.69) is 26.1 Å². The quantitative estimate of drug-likeness (QED) is 0.792. The number of carbonyl (C=O) groups is 2. The SMILES string of the molecule is CC(NC(=O)NC(C)(C)C)C(=O)Nc1nnc(-c2ccccc2)s1. The van der Waals surface area contributed by atoms with Crippen molar-refractivity contribution in [2.45, 2.75) is 39.3 Å². The van der Waals surface area contributed by atoms with Gasteiger partial charge in [-0.15, -0.1) is 10.2 Å². The van der Waals surface area contributed by atoms with Crippen LogP contribution in [0.5, 0.6) is 0 Å². The van der Waals surface area contributed by atoms with E-state index >= 15 is 0 Å². The van der Waals surface area contributed by atoms with E-state index in [-0.39, 0.29) is 11.4 Å². The first-order valence-electron chi connectivity index (χ1n) is 7.53. The van der Waals surface area contributed by atoms with Gasteiger partial charge in [0.25, 0.3) is 0 Å². The van der Waals surface area contributed by atoms with Crippen molar-refractivity contribution in [3.63, 3.8) is 0 Å². The number of aromatic nitrogens is 2. The summed E-state index contributed by atoms with van der Waals surface area (Å²) in [6.07, 6.45) is 0. The second kappa shape index (κ2) is 7.39. The summed E-state index contributed by atoms with van der Waals surface area (Å²) in [6, 6.07) is 8.50. The Bertz CT molecular complexity index is 709. The molecule has 128 valence electrons. The van der Waals surface area contributed by atoms with Gasteiger partial charge in [-0.2, -0.15) is 0 Å². The Hall–Kier alpha value is -2.48. The van der Waals surface area contributed by atoms with E-state index in [4.69, 9.17) is 0 Å². The van der Waals surface area contributed by atoms with Gasteiger partial charge in [-0.05, 0) is 27.7 Å². The Kier molecular flexibility index (Phi) is 5.50. The normalized spacial score (nSPS) is 12.3. The Morgan fingerprint density at radius 3 is 2.42 bits per heavy atom. The van der Waals surface area contributed by atoms with E-state index in [1.54, 1.807) is 6.92 Å². The molecule has 0 bridgehead atoms. The largest absolute Gasteiger partial charge is 0.334 e. The summed E-state index contributed by atoms with van der Waals surface area (Å²) in [7, 11) is 0. The van der Waals surface area contributed by atoms with E-state index in [0.717, 1.165) is 10.6 Å². The zero-order valence-corrected chi connectivity index (χ0v) is 14.9. The van der Waals surface area contributed by atoms with Crippen LogP contribution < -0.4 is 16.0 Å². The number of hydrogen-bond acceptors (Lipinski definition) is 5.